The molecule has 3 N–H and O–H groups in total. The first-order chi connectivity index (χ1) is 9.16. The van der Waals surface area contributed by atoms with Gasteiger partial charge in [-0.15, -0.1) is 23.7 Å². The van der Waals surface area contributed by atoms with E-state index >= 15 is 0 Å². The van der Waals surface area contributed by atoms with E-state index in [9.17, 15) is 9.59 Å². The van der Waals surface area contributed by atoms with Gasteiger partial charge in [0, 0.05) is 12.6 Å². The SMILES string of the molecule is CC(NC(=O)c1cccs1)C(=O)NC1CCCNC1.Cl. The molecule has 7 heteroatoms. The van der Waals surface area contributed by atoms with Crippen molar-refractivity contribution in [2.45, 2.75) is 31.8 Å². The zero-order valence-corrected chi connectivity index (χ0v) is 13.0. The number of thiophene rings is 1. The van der Waals surface area contributed by atoms with Crippen molar-refractivity contribution < 1.29 is 9.59 Å². The molecule has 2 amide bonds. The van der Waals surface area contributed by atoms with E-state index in [1.54, 1.807) is 13.0 Å². The van der Waals surface area contributed by atoms with Gasteiger partial charge in [-0.2, -0.15) is 0 Å². The third-order valence-corrected chi connectivity index (χ3v) is 4.00. The number of amides is 2. The molecule has 0 spiro atoms. The molecule has 1 aliphatic rings. The Morgan fingerprint density at radius 2 is 2.30 bits per heavy atom. The van der Waals surface area contributed by atoms with Gasteiger partial charge in [0.05, 0.1) is 4.88 Å². The molecule has 112 valence electrons. The van der Waals surface area contributed by atoms with Crippen molar-refractivity contribution in [3.05, 3.63) is 22.4 Å². The molecular formula is C13H20ClN3O2S. The predicted molar refractivity (Wildman–Crippen MR) is 82.5 cm³/mol. The highest BCUT2D eigenvalue weighted by Crippen LogP contribution is 2.08. The third-order valence-electron chi connectivity index (χ3n) is 3.13. The summed E-state index contributed by atoms with van der Waals surface area (Å²) in [4.78, 5) is 24.4. The average molecular weight is 318 g/mol. The zero-order valence-electron chi connectivity index (χ0n) is 11.3. The van der Waals surface area contributed by atoms with E-state index in [4.69, 9.17) is 0 Å². The van der Waals surface area contributed by atoms with Crippen molar-refractivity contribution in [3.8, 4) is 0 Å². The molecule has 1 aromatic rings. The van der Waals surface area contributed by atoms with Gasteiger partial charge in [0.2, 0.25) is 5.91 Å². The van der Waals surface area contributed by atoms with Crippen LogP contribution in [0.1, 0.15) is 29.4 Å². The van der Waals surface area contributed by atoms with Gasteiger partial charge in [0.25, 0.3) is 5.91 Å². The number of carbonyl (C=O) groups is 2. The van der Waals surface area contributed by atoms with E-state index < -0.39 is 6.04 Å². The second-order valence-corrected chi connectivity index (χ2v) is 5.67. The van der Waals surface area contributed by atoms with Crippen LogP contribution in [-0.2, 0) is 4.79 Å². The topological polar surface area (TPSA) is 70.2 Å². The van der Waals surface area contributed by atoms with Crippen molar-refractivity contribution in [1.82, 2.24) is 16.0 Å². The highest BCUT2D eigenvalue weighted by Gasteiger charge is 2.21. The lowest BCUT2D eigenvalue weighted by atomic mass is 10.1. The molecule has 0 saturated carbocycles. The second-order valence-electron chi connectivity index (χ2n) is 4.72. The van der Waals surface area contributed by atoms with Crippen LogP contribution in [0.4, 0.5) is 0 Å². The number of carbonyl (C=O) groups excluding carboxylic acids is 2. The Morgan fingerprint density at radius 1 is 1.50 bits per heavy atom. The number of halogens is 1. The summed E-state index contributed by atoms with van der Waals surface area (Å²) < 4.78 is 0. The Hall–Kier alpha value is -1.11. The van der Waals surface area contributed by atoms with Crippen LogP contribution in [0.3, 0.4) is 0 Å². The van der Waals surface area contributed by atoms with Crippen molar-refractivity contribution in [2.24, 2.45) is 0 Å². The van der Waals surface area contributed by atoms with E-state index in [0.717, 1.165) is 25.9 Å². The van der Waals surface area contributed by atoms with E-state index in [2.05, 4.69) is 16.0 Å². The summed E-state index contributed by atoms with van der Waals surface area (Å²) in [6.45, 7) is 3.52. The van der Waals surface area contributed by atoms with Gasteiger partial charge < -0.3 is 16.0 Å². The molecule has 1 aliphatic heterocycles. The molecular weight excluding hydrogens is 298 g/mol. The lowest BCUT2D eigenvalue weighted by molar-refractivity contribution is -0.123. The van der Waals surface area contributed by atoms with Crippen LogP contribution in [0.25, 0.3) is 0 Å². The normalized spacial score (nSPS) is 19.6. The molecule has 20 heavy (non-hydrogen) atoms. The maximum absolute atomic E-state index is 12.0. The summed E-state index contributed by atoms with van der Waals surface area (Å²) >= 11 is 1.37. The number of piperidine rings is 1. The summed E-state index contributed by atoms with van der Waals surface area (Å²) in [7, 11) is 0. The smallest absolute Gasteiger partial charge is 0.261 e. The van der Waals surface area contributed by atoms with Crippen molar-refractivity contribution in [2.75, 3.05) is 13.1 Å². The van der Waals surface area contributed by atoms with Crippen LogP contribution in [-0.4, -0.2) is 37.0 Å². The molecule has 0 bridgehead atoms. The standard InChI is InChI=1S/C13H19N3O2S.ClH/c1-9(15-13(18)11-5-3-7-19-11)12(17)16-10-4-2-6-14-8-10;/h3,5,7,9-10,14H,2,4,6,8H2,1H3,(H,15,18)(H,16,17);1H. The lowest BCUT2D eigenvalue weighted by Gasteiger charge is -2.25. The van der Waals surface area contributed by atoms with Gasteiger partial charge in [-0.05, 0) is 37.8 Å². The molecule has 1 saturated heterocycles. The third kappa shape index (κ3) is 4.77. The van der Waals surface area contributed by atoms with Gasteiger partial charge >= 0.3 is 0 Å². The summed E-state index contributed by atoms with van der Waals surface area (Å²) in [5.41, 5.74) is 0. The van der Waals surface area contributed by atoms with Crippen molar-refractivity contribution in [1.29, 1.82) is 0 Å². The fourth-order valence-corrected chi connectivity index (χ4v) is 2.67. The van der Waals surface area contributed by atoms with Crippen molar-refractivity contribution >= 4 is 35.6 Å². The highest BCUT2D eigenvalue weighted by molar-refractivity contribution is 7.12. The molecule has 2 atom stereocenters. The molecule has 1 fully saturated rings. The van der Waals surface area contributed by atoms with Crippen molar-refractivity contribution in [3.63, 3.8) is 0 Å². The first kappa shape index (κ1) is 16.9. The predicted octanol–water partition coefficient (Wildman–Crippen LogP) is 1.16. The Labute approximate surface area is 128 Å². The summed E-state index contributed by atoms with van der Waals surface area (Å²) in [6, 6.07) is 3.21. The van der Waals surface area contributed by atoms with E-state index in [1.807, 2.05) is 11.4 Å². The number of hydrogen-bond acceptors (Lipinski definition) is 4. The maximum Gasteiger partial charge on any atom is 0.261 e. The van der Waals surface area contributed by atoms with Crippen LogP contribution in [0.2, 0.25) is 0 Å². The second kappa shape index (κ2) is 8.24. The highest BCUT2D eigenvalue weighted by atomic mass is 35.5. The lowest BCUT2D eigenvalue weighted by Crippen LogP contribution is -2.52. The van der Waals surface area contributed by atoms with Gasteiger partial charge in [-0.1, -0.05) is 6.07 Å². The molecule has 0 aromatic carbocycles. The van der Waals surface area contributed by atoms with Gasteiger partial charge in [-0.25, -0.2) is 0 Å². The minimum absolute atomic E-state index is 0. The van der Waals surface area contributed by atoms with Crippen LogP contribution >= 0.6 is 23.7 Å². The number of rotatable bonds is 4. The van der Waals surface area contributed by atoms with E-state index in [1.165, 1.54) is 11.3 Å². The first-order valence-electron chi connectivity index (χ1n) is 6.52. The van der Waals surface area contributed by atoms with Crippen LogP contribution in [0.15, 0.2) is 17.5 Å². The summed E-state index contributed by atoms with van der Waals surface area (Å²) in [5, 5.41) is 10.7. The fraction of sp³-hybridized carbons (Fsp3) is 0.538. The Morgan fingerprint density at radius 3 is 2.90 bits per heavy atom. The number of hydrogen-bond donors (Lipinski definition) is 3. The Bertz CT molecular complexity index is 433. The molecule has 0 aliphatic carbocycles. The van der Waals surface area contributed by atoms with Crippen LogP contribution < -0.4 is 16.0 Å². The first-order valence-corrected chi connectivity index (χ1v) is 7.40. The van der Waals surface area contributed by atoms with E-state index in [-0.39, 0.29) is 30.3 Å². The monoisotopic (exact) mass is 317 g/mol. The fourth-order valence-electron chi connectivity index (χ4n) is 2.04. The Kier molecular flexibility index (Phi) is 6.98. The maximum atomic E-state index is 12.0. The average Bonchev–Trinajstić information content (AvgIpc) is 2.93. The molecule has 2 unspecified atom stereocenters. The zero-order chi connectivity index (χ0) is 13.7. The molecule has 2 heterocycles. The van der Waals surface area contributed by atoms with Gasteiger partial charge in [-0.3, -0.25) is 9.59 Å². The van der Waals surface area contributed by atoms with Gasteiger partial charge in [0.1, 0.15) is 6.04 Å². The van der Waals surface area contributed by atoms with Crippen LogP contribution in [0, 0.1) is 0 Å². The van der Waals surface area contributed by atoms with Crippen LogP contribution in [0.5, 0.6) is 0 Å². The molecule has 5 nitrogen and oxygen atoms in total. The summed E-state index contributed by atoms with van der Waals surface area (Å²) in [5.74, 6) is -0.321. The minimum atomic E-state index is -0.517. The molecule has 0 radical (unpaired) electrons. The minimum Gasteiger partial charge on any atom is -0.350 e. The van der Waals surface area contributed by atoms with Gasteiger partial charge in [0.15, 0.2) is 0 Å². The molecule has 2 rings (SSSR count). The summed E-state index contributed by atoms with van der Waals surface area (Å²) in [6.07, 6.45) is 2.06. The Balaban J connectivity index is 0.00000200. The quantitative estimate of drug-likeness (QED) is 0.780. The van der Waals surface area contributed by atoms with E-state index in [0.29, 0.717) is 4.88 Å². The number of nitrogens with one attached hydrogen (secondary N) is 3. The molecule has 1 aromatic heterocycles. The largest absolute Gasteiger partial charge is 0.350 e.